The van der Waals surface area contributed by atoms with E-state index in [-0.39, 0.29) is 36.7 Å². The molecule has 0 aliphatic carbocycles. The third-order valence-electron chi connectivity index (χ3n) is 7.84. The number of carbonyl (C=O) groups is 3. The van der Waals surface area contributed by atoms with Crippen molar-refractivity contribution in [2.24, 2.45) is 5.92 Å². The standard InChI is InChI=1S/C33H44N6O4S/c1-22(2)30-32-36-31(25-10-7-6-8-11-25)37-39(32)18-17-38(29(41)21-43-26-14-13-23(3)24(4)20-26)16-9-12-28(40)34-27(15-19-44-5)33(42)35-30/h6-8,10-11,13-14,20,22,27,30H,9,12,15-19,21H2,1-5H3,(H,34,40)(H,35,42)/t27-,30+/m0/s1. The summed E-state index contributed by atoms with van der Waals surface area (Å²) in [6, 6.07) is 14.3. The predicted molar refractivity (Wildman–Crippen MR) is 173 cm³/mol. The zero-order valence-electron chi connectivity index (χ0n) is 26.3. The lowest BCUT2D eigenvalue weighted by Gasteiger charge is -2.28. The van der Waals surface area contributed by atoms with Gasteiger partial charge in [0.05, 0.1) is 12.6 Å². The smallest absolute Gasteiger partial charge is 0.260 e. The minimum Gasteiger partial charge on any atom is -0.484 e. The van der Waals surface area contributed by atoms with E-state index in [0.29, 0.717) is 49.9 Å². The van der Waals surface area contributed by atoms with Crippen LogP contribution in [0, 0.1) is 19.8 Å². The summed E-state index contributed by atoms with van der Waals surface area (Å²) in [7, 11) is 0. The molecular formula is C33H44N6O4S. The molecule has 1 aliphatic heterocycles. The van der Waals surface area contributed by atoms with Crippen molar-refractivity contribution < 1.29 is 19.1 Å². The zero-order valence-corrected chi connectivity index (χ0v) is 27.2. The number of hydrogen-bond donors (Lipinski definition) is 2. The highest BCUT2D eigenvalue weighted by atomic mass is 32.2. The number of nitrogens with zero attached hydrogens (tertiary/aromatic N) is 4. The first-order chi connectivity index (χ1) is 21.2. The van der Waals surface area contributed by atoms with Gasteiger partial charge in [0.1, 0.15) is 11.8 Å². The van der Waals surface area contributed by atoms with E-state index >= 15 is 0 Å². The van der Waals surface area contributed by atoms with Crippen molar-refractivity contribution in [1.82, 2.24) is 30.3 Å². The fourth-order valence-electron chi connectivity index (χ4n) is 5.06. The van der Waals surface area contributed by atoms with E-state index in [2.05, 4.69) is 10.6 Å². The number of nitrogens with one attached hydrogen (secondary N) is 2. The molecule has 2 heterocycles. The molecule has 2 N–H and O–H groups in total. The number of aromatic nitrogens is 3. The van der Waals surface area contributed by atoms with Gasteiger partial charge in [-0.3, -0.25) is 14.4 Å². The van der Waals surface area contributed by atoms with Crippen LogP contribution in [0.2, 0.25) is 0 Å². The molecule has 3 amide bonds. The van der Waals surface area contributed by atoms with Gasteiger partial charge in [-0.05, 0) is 67.9 Å². The van der Waals surface area contributed by atoms with E-state index < -0.39 is 12.1 Å². The van der Waals surface area contributed by atoms with Crippen LogP contribution in [0.3, 0.4) is 0 Å². The molecule has 0 fully saturated rings. The molecule has 1 aromatic heterocycles. The van der Waals surface area contributed by atoms with Gasteiger partial charge >= 0.3 is 0 Å². The summed E-state index contributed by atoms with van der Waals surface area (Å²) in [6.45, 7) is 9.04. The third kappa shape index (κ3) is 8.84. The largest absolute Gasteiger partial charge is 0.484 e. The number of aryl methyl sites for hydroxylation is 2. The second-order valence-electron chi connectivity index (χ2n) is 11.5. The number of hydrogen-bond acceptors (Lipinski definition) is 7. The third-order valence-corrected chi connectivity index (χ3v) is 8.49. The molecule has 4 rings (SSSR count). The molecular weight excluding hydrogens is 576 g/mol. The van der Waals surface area contributed by atoms with E-state index in [1.807, 2.05) is 82.5 Å². The molecule has 0 bridgehead atoms. The number of fused-ring (bicyclic) bond motifs is 1. The number of ether oxygens (including phenoxy) is 1. The highest BCUT2D eigenvalue weighted by Gasteiger charge is 2.30. The molecule has 1 aliphatic rings. The van der Waals surface area contributed by atoms with Crippen LogP contribution < -0.4 is 15.4 Å². The summed E-state index contributed by atoms with van der Waals surface area (Å²) in [6.07, 6.45) is 3.13. The SMILES string of the molecule is CSCC[C@@H]1NC(=O)CCCN(C(=O)COc2ccc(C)c(C)c2)CCn2nc(-c3ccccc3)nc2[C@@H](C(C)C)NC1=O. The Labute approximate surface area is 264 Å². The molecule has 11 heteroatoms. The molecule has 44 heavy (non-hydrogen) atoms. The maximum atomic E-state index is 13.5. The Morgan fingerprint density at radius 3 is 2.52 bits per heavy atom. The maximum absolute atomic E-state index is 13.5. The predicted octanol–water partition coefficient (Wildman–Crippen LogP) is 4.31. The highest BCUT2D eigenvalue weighted by Crippen LogP contribution is 2.25. The zero-order chi connectivity index (χ0) is 31.6. The lowest BCUT2D eigenvalue weighted by Crippen LogP contribution is -2.49. The van der Waals surface area contributed by atoms with Gasteiger partial charge in [0.2, 0.25) is 11.8 Å². The quantitative estimate of drug-likeness (QED) is 0.385. The Bertz CT molecular complexity index is 1430. The van der Waals surface area contributed by atoms with Crippen molar-refractivity contribution >= 4 is 29.5 Å². The number of amides is 3. The van der Waals surface area contributed by atoms with Crippen LogP contribution in [0.25, 0.3) is 11.4 Å². The van der Waals surface area contributed by atoms with Gasteiger partial charge < -0.3 is 20.3 Å². The van der Waals surface area contributed by atoms with Crippen molar-refractivity contribution in [3.05, 3.63) is 65.5 Å². The Hall–Kier alpha value is -3.86. The average molecular weight is 621 g/mol. The average Bonchev–Trinajstić information content (AvgIpc) is 3.43. The van der Waals surface area contributed by atoms with Crippen LogP contribution in [-0.4, -0.2) is 75.1 Å². The minimum atomic E-state index is -0.673. The molecule has 236 valence electrons. The maximum Gasteiger partial charge on any atom is 0.260 e. The number of benzene rings is 2. The molecule has 0 unspecified atom stereocenters. The molecule has 0 spiro atoms. The van der Waals surface area contributed by atoms with Crippen molar-refractivity contribution in [3.8, 4) is 17.1 Å². The lowest BCUT2D eigenvalue weighted by molar-refractivity contribution is -0.134. The van der Waals surface area contributed by atoms with Gasteiger partial charge in [0.25, 0.3) is 5.91 Å². The van der Waals surface area contributed by atoms with Gasteiger partial charge in [-0.2, -0.15) is 16.9 Å². The molecule has 2 atom stereocenters. The Balaban J connectivity index is 1.64. The summed E-state index contributed by atoms with van der Waals surface area (Å²) in [5.74, 6) is 1.89. The Kier molecular flexibility index (Phi) is 11.8. The van der Waals surface area contributed by atoms with E-state index in [9.17, 15) is 14.4 Å². The van der Waals surface area contributed by atoms with Crippen molar-refractivity contribution in [3.63, 3.8) is 0 Å². The summed E-state index contributed by atoms with van der Waals surface area (Å²) in [4.78, 5) is 46.6. The Morgan fingerprint density at radius 2 is 1.82 bits per heavy atom. The van der Waals surface area contributed by atoms with Crippen LogP contribution in [0.15, 0.2) is 48.5 Å². The van der Waals surface area contributed by atoms with E-state index in [1.165, 1.54) is 0 Å². The van der Waals surface area contributed by atoms with Crippen LogP contribution in [0.4, 0.5) is 0 Å². The van der Waals surface area contributed by atoms with Crippen LogP contribution in [0.1, 0.15) is 56.1 Å². The summed E-state index contributed by atoms with van der Waals surface area (Å²) in [5, 5.41) is 10.9. The first-order valence-corrected chi connectivity index (χ1v) is 16.6. The molecule has 3 aromatic rings. The van der Waals surface area contributed by atoms with Gasteiger partial charge in [-0.1, -0.05) is 50.2 Å². The molecule has 10 nitrogen and oxygen atoms in total. The second-order valence-corrected chi connectivity index (χ2v) is 12.5. The topological polar surface area (TPSA) is 118 Å². The summed E-state index contributed by atoms with van der Waals surface area (Å²) >= 11 is 1.62. The molecule has 0 saturated heterocycles. The first-order valence-electron chi connectivity index (χ1n) is 15.2. The van der Waals surface area contributed by atoms with Gasteiger partial charge in [-0.15, -0.1) is 0 Å². The summed E-state index contributed by atoms with van der Waals surface area (Å²) < 4.78 is 7.68. The molecule has 0 saturated carbocycles. The lowest BCUT2D eigenvalue weighted by atomic mass is 10.0. The molecule has 0 radical (unpaired) electrons. The fraction of sp³-hybridized carbons (Fsp3) is 0.485. The van der Waals surface area contributed by atoms with Crippen LogP contribution >= 0.6 is 11.8 Å². The van der Waals surface area contributed by atoms with E-state index in [4.69, 9.17) is 14.8 Å². The van der Waals surface area contributed by atoms with Gasteiger partial charge in [-0.25, -0.2) is 9.67 Å². The second kappa shape index (κ2) is 15.7. The normalized spacial score (nSPS) is 18.3. The molecule has 2 aromatic carbocycles. The van der Waals surface area contributed by atoms with Gasteiger partial charge in [0.15, 0.2) is 18.3 Å². The summed E-state index contributed by atoms with van der Waals surface area (Å²) in [5.41, 5.74) is 3.11. The minimum absolute atomic E-state index is 0.0144. The van der Waals surface area contributed by atoms with E-state index in [1.54, 1.807) is 21.3 Å². The van der Waals surface area contributed by atoms with Crippen molar-refractivity contribution in [2.45, 2.75) is 65.6 Å². The number of rotatable bonds is 8. The van der Waals surface area contributed by atoms with E-state index in [0.717, 1.165) is 22.4 Å². The van der Waals surface area contributed by atoms with Crippen LogP contribution in [-0.2, 0) is 20.9 Å². The fourth-order valence-corrected chi connectivity index (χ4v) is 5.53. The Morgan fingerprint density at radius 1 is 1.05 bits per heavy atom. The van der Waals surface area contributed by atoms with Crippen molar-refractivity contribution in [2.75, 3.05) is 31.7 Å². The number of carbonyl (C=O) groups excluding carboxylic acids is 3. The first kappa shape index (κ1) is 33.0. The van der Waals surface area contributed by atoms with Crippen molar-refractivity contribution in [1.29, 1.82) is 0 Å². The van der Waals surface area contributed by atoms with Crippen LogP contribution in [0.5, 0.6) is 5.75 Å². The number of thioether (sulfide) groups is 1. The highest BCUT2D eigenvalue weighted by molar-refractivity contribution is 7.98. The monoisotopic (exact) mass is 620 g/mol. The van der Waals surface area contributed by atoms with Gasteiger partial charge in [0, 0.05) is 25.1 Å².